The van der Waals surface area contributed by atoms with E-state index >= 15 is 0 Å². The molecule has 23 heavy (non-hydrogen) atoms. The van der Waals surface area contributed by atoms with Crippen LogP contribution in [-0.4, -0.2) is 65.1 Å². The molecule has 0 radical (unpaired) electrons. The first kappa shape index (κ1) is 17.8. The first-order valence-electron chi connectivity index (χ1n) is 8.07. The van der Waals surface area contributed by atoms with Gasteiger partial charge >= 0.3 is 0 Å². The number of rotatable bonds is 6. The summed E-state index contributed by atoms with van der Waals surface area (Å²) in [6.45, 7) is 2.25. The zero-order valence-corrected chi connectivity index (χ0v) is 13.4. The molecule has 128 valence electrons. The van der Waals surface area contributed by atoms with Crippen LogP contribution in [0.2, 0.25) is 0 Å². The van der Waals surface area contributed by atoms with Gasteiger partial charge in [0, 0.05) is 19.5 Å². The Hall–Kier alpha value is -1.50. The van der Waals surface area contributed by atoms with E-state index in [1.807, 2.05) is 35.2 Å². The number of nitrogens with zero attached hydrogens (tertiary/aromatic N) is 1. The van der Waals surface area contributed by atoms with Crippen LogP contribution in [0.4, 0.5) is 4.39 Å². The van der Waals surface area contributed by atoms with Crippen LogP contribution in [0.3, 0.4) is 0 Å². The molecule has 0 aromatic heterocycles. The molecule has 4 atom stereocenters. The van der Waals surface area contributed by atoms with Gasteiger partial charge in [0.25, 0.3) is 0 Å². The smallest absolute Gasteiger partial charge is 0.220 e. The minimum absolute atomic E-state index is 0.240. The predicted octanol–water partition coefficient (Wildman–Crippen LogP) is 0.499. The number of nitrogens with one attached hydrogen (secondary N) is 1. The lowest BCUT2D eigenvalue weighted by Crippen LogP contribution is -2.65. The van der Waals surface area contributed by atoms with Gasteiger partial charge in [-0.25, -0.2) is 4.39 Å². The molecule has 1 amide bonds. The standard InChI is InChI=1S/C17H25FN2O3/c1-2-15(22)19-13-10-20(14(11-21)17(23)16(13)18)9-8-12-6-4-3-5-7-12/h3-7,13-14,16-17,21,23H,2,8-11H2,1H3,(H,19,22). The quantitative estimate of drug-likeness (QED) is 0.712. The maximum Gasteiger partial charge on any atom is 0.220 e. The van der Waals surface area contributed by atoms with Crippen molar-refractivity contribution >= 4 is 5.91 Å². The van der Waals surface area contributed by atoms with E-state index < -0.39 is 24.4 Å². The number of hydrogen-bond donors (Lipinski definition) is 3. The summed E-state index contributed by atoms with van der Waals surface area (Å²) in [5.41, 5.74) is 1.13. The fourth-order valence-electron chi connectivity index (χ4n) is 2.99. The van der Waals surface area contributed by atoms with Gasteiger partial charge in [0.1, 0.15) is 12.3 Å². The molecule has 0 aliphatic carbocycles. The third-order valence-electron chi connectivity index (χ3n) is 4.39. The molecule has 4 unspecified atom stereocenters. The molecule has 0 saturated carbocycles. The Morgan fingerprint density at radius 3 is 2.70 bits per heavy atom. The lowest BCUT2D eigenvalue weighted by Gasteiger charge is -2.44. The van der Waals surface area contributed by atoms with Gasteiger partial charge in [0.2, 0.25) is 5.91 Å². The van der Waals surface area contributed by atoms with Gasteiger partial charge in [0.15, 0.2) is 0 Å². The predicted molar refractivity (Wildman–Crippen MR) is 85.7 cm³/mol. The van der Waals surface area contributed by atoms with Crippen molar-refractivity contribution in [1.29, 1.82) is 0 Å². The molecule has 0 bridgehead atoms. The summed E-state index contributed by atoms with van der Waals surface area (Å²) in [7, 11) is 0. The van der Waals surface area contributed by atoms with Gasteiger partial charge in [-0.15, -0.1) is 0 Å². The number of amides is 1. The molecule has 5 nitrogen and oxygen atoms in total. The summed E-state index contributed by atoms with van der Waals surface area (Å²) in [4.78, 5) is 13.4. The van der Waals surface area contributed by atoms with E-state index in [4.69, 9.17) is 0 Å². The largest absolute Gasteiger partial charge is 0.395 e. The number of hydrogen-bond acceptors (Lipinski definition) is 4. The SMILES string of the molecule is CCC(=O)NC1CN(CCc2ccccc2)C(CO)C(O)C1F. The maximum atomic E-state index is 14.3. The van der Waals surface area contributed by atoms with Crippen molar-refractivity contribution < 1.29 is 19.4 Å². The van der Waals surface area contributed by atoms with E-state index in [-0.39, 0.29) is 25.5 Å². The van der Waals surface area contributed by atoms with E-state index in [0.29, 0.717) is 6.54 Å². The third kappa shape index (κ3) is 4.50. The highest BCUT2D eigenvalue weighted by Gasteiger charge is 2.43. The van der Waals surface area contributed by atoms with E-state index in [9.17, 15) is 19.4 Å². The first-order valence-corrected chi connectivity index (χ1v) is 8.07. The number of aliphatic hydroxyl groups is 2. The van der Waals surface area contributed by atoms with Crippen LogP contribution in [0.5, 0.6) is 0 Å². The highest BCUT2D eigenvalue weighted by Crippen LogP contribution is 2.22. The maximum absolute atomic E-state index is 14.3. The lowest BCUT2D eigenvalue weighted by molar-refractivity contribution is -0.125. The number of halogens is 1. The van der Waals surface area contributed by atoms with Crippen molar-refractivity contribution in [3.63, 3.8) is 0 Å². The topological polar surface area (TPSA) is 72.8 Å². The Bertz CT molecular complexity index is 500. The lowest BCUT2D eigenvalue weighted by atomic mass is 9.93. The van der Waals surface area contributed by atoms with Gasteiger partial charge < -0.3 is 15.5 Å². The Kier molecular flexibility index (Phi) is 6.50. The first-order chi connectivity index (χ1) is 11.1. The van der Waals surface area contributed by atoms with E-state index in [1.54, 1.807) is 6.92 Å². The Labute approximate surface area is 136 Å². The second kappa shape index (κ2) is 8.38. The zero-order valence-electron chi connectivity index (χ0n) is 13.4. The second-order valence-electron chi connectivity index (χ2n) is 5.94. The molecule has 6 heteroatoms. The van der Waals surface area contributed by atoms with Crippen LogP contribution in [-0.2, 0) is 11.2 Å². The summed E-state index contributed by atoms with van der Waals surface area (Å²) in [5.74, 6) is -0.240. The van der Waals surface area contributed by atoms with Gasteiger partial charge in [-0.2, -0.15) is 0 Å². The third-order valence-corrected chi connectivity index (χ3v) is 4.39. The van der Waals surface area contributed by atoms with Crippen molar-refractivity contribution in [2.75, 3.05) is 19.7 Å². The monoisotopic (exact) mass is 324 g/mol. The van der Waals surface area contributed by atoms with Gasteiger partial charge in [-0.1, -0.05) is 37.3 Å². The number of carbonyl (C=O) groups excluding carboxylic acids is 1. The van der Waals surface area contributed by atoms with Crippen molar-refractivity contribution in [3.05, 3.63) is 35.9 Å². The number of carbonyl (C=O) groups is 1. The molecule has 1 aliphatic rings. The minimum Gasteiger partial charge on any atom is -0.395 e. The van der Waals surface area contributed by atoms with Crippen molar-refractivity contribution in [3.8, 4) is 0 Å². The van der Waals surface area contributed by atoms with Crippen molar-refractivity contribution in [2.45, 2.75) is 44.1 Å². The molecule has 1 aromatic carbocycles. The fourth-order valence-corrected chi connectivity index (χ4v) is 2.99. The highest BCUT2D eigenvalue weighted by atomic mass is 19.1. The fraction of sp³-hybridized carbons (Fsp3) is 0.588. The van der Waals surface area contributed by atoms with E-state index in [0.717, 1.165) is 12.0 Å². The van der Waals surface area contributed by atoms with Crippen LogP contribution in [0.1, 0.15) is 18.9 Å². The van der Waals surface area contributed by atoms with Gasteiger partial charge in [-0.3, -0.25) is 9.69 Å². The Balaban J connectivity index is 2.03. The molecule has 1 fully saturated rings. The number of aliphatic hydroxyl groups excluding tert-OH is 2. The second-order valence-corrected chi connectivity index (χ2v) is 5.94. The summed E-state index contributed by atoms with van der Waals surface area (Å²) < 4.78 is 14.3. The number of benzene rings is 1. The summed E-state index contributed by atoms with van der Waals surface area (Å²) >= 11 is 0. The van der Waals surface area contributed by atoms with Crippen molar-refractivity contribution in [2.24, 2.45) is 0 Å². The molecule has 2 rings (SSSR count). The summed E-state index contributed by atoms with van der Waals surface area (Å²) in [5, 5.41) is 22.3. The van der Waals surface area contributed by atoms with Crippen LogP contribution in [0.15, 0.2) is 30.3 Å². The van der Waals surface area contributed by atoms with Crippen LogP contribution >= 0.6 is 0 Å². The zero-order chi connectivity index (χ0) is 16.8. The van der Waals surface area contributed by atoms with Crippen LogP contribution < -0.4 is 5.32 Å². The van der Waals surface area contributed by atoms with Crippen molar-refractivity contribution in [1.82, 2.24) is 10.2 Å². The molecule has 1 aliphatic heterocycles. The van der Waals surface area contributed by atoms with Gasteiger partial charge in [0.05, 0.1) is 18.7 Å². The molecule has 0 spiro atoms. The van der Waals surface area contributed by atoms with Gasteiger partial charge in [-0.05, 0) is 12.0 Å². The summed E-state index contributed by atoms with van der Waals surface area (Å²) in [6, 6.07) is 8.44. The number of piperidine rings is 1. The van der Waals surface area contributed by atoms with Crippen LogP contribution in [0.25, 0.3) is 0 Å². The number of alkyl halides is 1. The Morgan fingerprint density at radius 1 is 1.39 bits per heavy atom. The van der Waals surface area contributed by atoms with E-state index in [1.165, 1.54) is 0 Å². The summed E-state index contributed by atoms with van der Waals surface area (Å²) in [6.07, 6.45) is -1.88. The average Bonchev–Trinajstić information content (AvgIpc) is 2.58. The van der Waals surface area contributed by atoms with Crippen LogP contribution in [0, 0.1) is 0 Å². The molecule has 1 saturated heterocycles. The highest BCUT2D eigenvalue weighted by molar-refractivity contribution is 5.76. The number of likely N-dealkylation sites (tertiary alicyclic amines) is 1. The molecule has 1 aromatic rings. The minimum atomic E-state index is -1.57. The normalized spacial score (nSPS) is 28.5. The average molecular weight is 324 g/mol. The molecular formula is C17H25FN2O3. The van der Waals surface area contributed by atoms with E-state index in [2.05, 4.69) is 5.32 Å². The molecular weight excluding hydrogens is 299 g/mol. The molecule has 1 heterocycles. The molecule has 3 N–H and O–H groups in total. The Morgan fingerprint density at radius 2 is 2.09 bits per heavy atom.